The summed E-state index contributed by atoms with van der Waals surface area (Å²) in [6.45, 7) is 3.07. The zero-order valence-electron chi connectivity index (χ0n) is 16.8. The lowest BCUT2D eigenvalue weighted by atomic mass is 10.2. The van der Waals surface area contributed by atoms with Crippen LogP contribution in [0.5, 0.6) is 17.2 Å². The second kappa shape index (κ2) is 10.1. The van der Waals surface area contributed by atoms with Gasteiger partial charge < -0.3 is 20.5 Å². The molecule has 0 atom stereocenters. The predicted octanol–water partition coefficient (Wildman–Crippen LogP) is 4.09. The highest BCUT2D eigenvalue weighted by Gasteiger charge is 2.06. The molecule has 154 valence electrons. The second-order valence-electron chi connectivity index (χ2n) is 6.79. The van der Waals surface area contributed by atoms with Gasteiger partial charge in [-0.15, -0.1) is 0 Å². The number of carbonyl (C=O) groups excluding carboxylic acids is 2. The van der Waals surface area contributed by atoms with Crippen molar-refractivity contribution in [2.24, 2.45) is 5.73 Å². The van der Waals surface area contributed by atoms with Crippen molar-refractivity contribution in [2.75, 3.05) is 13.2 Å². The van der Waals surface area contributed by atoms with E-state index in [1.54, 1.807) is 48.5 Å². The van der Waals surface area contributed by atoms with E-state index in [2.05, 4.69) is 5.32 Å². The van der Waals surface area contributed by atoms with Crippen molar-refractivity contribution in [3.63, 3.8) is 0 Å². The molecule has 0 spiro atoms. The van der Waals surface area contributed by atoms with Gasteiger partial charge in [0.15, 0.2) is 0 Å². The Morgan fingerprint density at radius 3 is 2.10 bits per heavy atom. The number of aryl methyl sites for hydroxylation is 1. The fraction of sp³-hybridized carbons (Fsp3) is 0.167. The lowest BCUT2D eigenvalue weighted by Gasteiger charge is -2.09. The third-order valence-corrected chi connectivity index (χ3v) is 4.36. The van der Waals surface area contributed by atoms with Gasteiger partial charge in [-0.1, -0.05) is 12.1 Å². The SMILES string of the molecule is Cc1cccc(OCCCNC(=O)c2ccc(Oc3ccc(C(N)=O)cc3)cc2)c1. The molecule has 0 aromatic heterocycles. The molecule has 0 fully saturated rings. The van der Waals surface area contributed by atoms with E-state index in [1.165, 1.54) is 0 Å². The van der Waals surface area contributed by atoms with Crippen LogP contribution in [-0.2, 0) is 0 Å². The van der Waals surface area contributed by atoms with Gasteiger partial charge in [0, 0.05) is 17.7 Å². The number of nitrogens with one attached hydrogen (secondary N) is 1. The Balaban J connectivity index is 1.42. The number of rotatable bonds is 9. The smallest absolute Gasteiger partial charge is 0.251 e. The zero-order valence-corrected chi connectivity index (χ0v) is 16.8. The first kappa shape index (κ1) is 20.9. The molecular formula is C24H24N2O4. The predicted molar refractivity (Wildman–Crippen MR) is 115 cm³/mol. The van der Waals surface area contributed by atoms with Gasteiger partial charge in [0.25, 0.3) is 5.91 Å². The van der Waals surface area contributed by atoms with Gasteiger partial charge in [0.1, 0.15) is 17.2 Å². The summed E-state index contributed by atoms with van der Waals surface area (Å²) in [5.41, 5.74) is 7.33. The van der Waals surface area contributed by atoms with Crippen molar-refractivity contribution in [2.45, 2.75) is 13.3 Å². The van der Waals surface area contributed by atoms with Gasteiger partial charge in [-0.25, -0.2) is 0 Å². The second-order valence-corrected chi connectivity index (χ2v) is 6.79. The lowest BCUT2D eigenvalue weighted by molar-refractivity contribution is 0.0950. The maximum absolute atomic E-state index is 12.3. The van der Waals surface area contributed by atoms with Gasteiger partial charge in [-0.3, -0.25) is 9.59 Å². The van der Waals surface area contributed by atoms with E-state index in [0.29, 0.717) is 42.2 Å². The molecule has 0 aliphatic heterocycles. The van der Waals surface area contributed by atoms with E-state index >= 15 is 0 Å². The highest BCUT2D eigenvalue weighted by atomic mass is 16.5. The van der Waals surface area contributed by atoms with Crippen LogP contribution in [0.25, 0.3) is 0 Å². The fourth-order valence-corrected chi connectivity index (χ4v) is 2.77. The molecule has 0 saturated heterocycles. The van der Waals surface area contributed by atoms with E-state index < -0.39 is 5.91 Å². The van der Waals surface area contributed by atoms with Gasteiger partial charge in [-0.05, 0) is 79.6 Å². The van der Waals surface area contributed by atoms with Crippen LogP contribution in [0.3, 0.4) is 0 Å². The van der Waals surface area contributed by atoms with Crippen molar-refractivity contribution in [3.05, 3.63) is 89.5 Å². The molecule has 0 bridgehead atoms. The number of nitrogens with two attached hydrogens (primary N) is 1. The summed E-state index contributed by atoms with van der Waals surface area (Å²) in [7, 11) is 0. The van der Waals surface area contributed by atoms with Crippen LogP contribution in [0.2, 0.25) is 0 Å². The third-order valence-electron chi connectivity index (χ3n) is 4.36. The van der Waals surface area contributed by atoms with Gasteiger partial charge >= 0.3 is 0 Å². The molecule has 6 nitrogen and oxygen atoms in total. The average molecular weight is 404 g/mol. The summed E-state index contributed by atoms with van der Waals surface area (Å²) in [6, 6.07) is 21.2. The van der Waals surface area contributed by atoms with Crippen molar-refractivity contribution < 1.29 is 19.1 Å². The van der Waals surface area contributed by atoms with Crippen molar-refractivity contribution in [3.8, 4) is 17.2 Å². The fourth-order valence-electron chi connectivity index (χ4n) is 2.77. The van der Waals surface area contributed by atoms with Crippen LogP contribution in [0, 0.1) is 6.92 Å². The molecule has 0 aliphatic carbocycles. The van der Waals surface area contributed by atoms with E-state index in [4.69, 9.17) is 15.2 Å². The molecule has 0 aliphatic rings. The quantitative estimate of drug-likeness (QED) is 0.526. The van der Waals surface area contributed by atoms with E-state index in [1.807, 2.05) is 31.2 Å². The maximum Gasteiger partial charge on any atom is 0.251 e. The standard InChI is InChI=1S/C24H24N2O4/c1-17-4-2-5-22(16-17)29-15-3-14-26-24(28)19-8-12-21(13-9-19)30-20-10-6-18(7-11-20)23(25)27/h2,4-13,16H,3,14-15H2,1H3,(H2,25,27)(H,26,28). The van der Waals surface area contributed by atoms with Crippen LogP contribution in [-0.4, -0.2) is 25.0 Å². The summed E-state index contributed by atoms with van der Waals surface area (Å²) in [6.07, 6.45) is 0.710. The number of carbonyl (C=O) groups is 2. The number of ether oxygens (including phenoxy) is 2. The van der Waals surface area contributed by atoms with Crippen molar-refractivity contribution in [1.29, 1.82) is 0 Å². The van der Waals surface area contributed by atoms with E-state index in [9.17, 15) is 9.59 Å². The van der Waals surface area contributed by atoms with E-state index in [-0.39, 0.29) is 5.91 Å². The van der Waals surface area contributed by atoms with Crippen molar-refractivity contribution in [1.82, 2.24) is 5.32 Å². The summed E-state index contributed by atoms with van der Waals surface area (Å²) in [5, 5.41) is 2.88. The number of primary amides is 1. The topological polar surface area (TPSA) is 90.7 Å². The molecule has 3 N–H and O–H groups in total. The molecule has 30 heavy (non-hydrogen) atoms. The van der Waals surface area contributed by atoms with Gasteiger partial charge in [0.05, 0.1) is 6.61 Å². The molecule has 3 rings (SSSR count). The van der Waals surface area contributed by atoms with E-state index in [0.717, 1.165) is 11.3 Å². The minimum Gasteiger partial charge on any atom is -0.494 e. The Morgan fingerprint density at radius 1 is 0.867 bits per heavy atom. The molecule has 0 saturated carbocycles. The average Bonchev–Trinajstić information content (AvgIpc) is 2.74. The van der Waals surface area contributed by atoms with Crippen molar-refractivity contribution >= 4 is 11.8 Å². The summed E-state index contributed by atoms with van der Waals surface area (Å²) < 4.78 is 11.4. The molecule has 3 aromatic carbocycles. The molecule has 6 heteroatoms. The normalized spacial score (nSPS) is 10.3. The first-order chi connectivity index (χ1) is 14.5. The molecule has 0 heterocycles. The Hall–Kier alpha value is -3.80. The highest BCUT2D eigenvalue weighted by molar-refractivity contribution is 5.94. The molecule has 0 radical (unpaired) electrons. The number of hydrogen-bond donors (Lipinski definition) is 2. The number of benzene rings is 3. The summed E-state index contributed by atoms with van der Waals surface area (Å²) in [5.74, 6) is 1.36. The molecular weight excluding hydrogens is 380 g/mol. The minimum atomic E-state index is -0.487. The number of hydrogen-bond acceptors (Lipinski definition) is 4. The Morgan fingerprint density at radius 2 is 1.50 bits per heavy atom. The molecule has 2 amide bonds. The van der Waals surface area contributed by atoms with Crippen LogP contribution in [0.4, 0.5) is 0 Å². The van der Waals surface area contributed by atoms with Gasteiger partial charge in [0.2, 0.25) is 5.91 Å². The first-order valence-electron chi connectivity index (χ1n) is 9.67. The molecule has 3 aromatic rings. The molecule has 0 unspecified atom stereocenters. The number of amides is 2. The minimum absolute atomic E-state index is 0.150. The monoisotopic (exact) mass is 404 g/mol. The largest absolute Gasteiger partial charge is 0.494 e. The Bertz CT molecular complexity index is 998. The summed E-state index contributed by atoms with van der Waals surface area (Å²) in [4.78, 5) is 23.4. The maximum atomic E-state index is 12.3. The van der Waals surface area contributed by atoms with Crippen LogP contribution < -0.4 is 20.5 Å². The third kappa shape index (κ3) is 6.10. The highest BCUT2D eigenvalue weighted by Crippen LogP contribution is 2.22. The zero-order chi connectivity index (χ0) is 21.3. The van der Waals surface area contributed by atoms with Gasteiger partial charge in [-0.2, -0.15) is 0 Å². The Labute approximate surface area is 175 Å². The Kier molecular flexibility index (Phi) is 7.05. The summed E-state index contributed by atoms with van der Waals surface area (Å²) >= 11 is 0. The van der Waals surface area contributed by atoms with Crippen LogP contribution in [0.1, 0.15) is 32.7 Å². The first-order valence-corrected chi connectivity index (χ1v) is 9.67. The van der Waals surface area contributed by atoms with Crippen LogP contribution >= 0.6 is 0 Å². The van der Waals surface area contributed by atoms with Crippen LogP contribution in [0.15, 0.2) is 72.8 Å². The lowest BCUT2D eigenvalue weighted by Crippen LogP contribution is -2.25.